The Kier molecular flexibility index (Phi) is 9.02. The van der Waals surface area contributed by atoms with Gasteiger partial charge in [0.1, 0.15) is 6.54 Å². The summed E-state index contributed by atoms with van der Waals surface area (Å²) >= 11 is 0. The third kappa shape index (κ3) is 9.42. The zero-order chi connectivity index (χ0) is 12.6. The molecule has 1 aliphatic heterocycles. The number of rotatable bonds is 2. The van der Waals surface area contributed by atoms with E-state index in [0.29, 0.717) is 0 Å². The van der Waals surface area contributed by atoms with Crippen LogP contribution in [-0.2, 0) is 16.0 Å². The number of hydrogen-bond acceptors (Lipinski definition) is 2. The molecule has 0 saturated carbocycles. The molecule has 2 rings (SSSR count). The maximum Gasteiger partial charge on any atom is 0.104 e. The Morgan fingerprint density at radius 1 is 0.889 bits per heavy atom. The smallest absolute Gasteiger partial charge is 0.104 e. The van der Waals surface area contributed by atoms with Crippen LogP contribution in [0, 0.1) is 0 Å². The Labute approximate surface area is 117 Å². The van der Waals surface area contributed by atoms with Crippen molar-refractivity contribution in [3.63, 3.8) is 0 Å². The lowest BCUT2D eigenvalue weighted by atomic mass is 10.2. The van der Waals surface area contributed by atoms with Gasteiger partial charge in [-0.15, -0.1) is 0 Å². The predicted octanol–water partition coefficient (Wildman–Crippen LogP) is -1.07. The molecule has 0 atom stereocenters. The van der Waals surface area contributed by atoms with Crippen molar-refractivity contribution < 1.29 is 26.4 Å². The molecule has 1 aromatic rings. The van der Waals surface area contributed by atoms with Crippen molar-refractivity contribution in [1.29, 1.82) is 0 Å². The SMILES string of the molecule is C1COCCO1.C[N+](C)(C)Cc1ccccc1.[Cl-]. The van der Waals surface area contributed by atoms with Gasteiger partial charge in [0, 0.05) is 5.56 Å². The quantitative estimate of drug-likeness (QED) is 0.639. The molecule has 3 nitrogen and oxygen atoms in total. The molecule has 0 radical (unpaired) electrons. The summed E-state index contributed by atoms with van der Waals surface area (Å²) in [6, 6.07) is 10.6. The second-order valence-electron chi connectivity index (χ2n) is 5.16. The monoisotopic (exact) mass is 273 g/mol. The Morgan fingerprint density at radius 3 is 1.67 bits per heavy atom. The van der Waals surface area contributed by atoms with E-state index in [1.54, 1.807) is 0 Å². The van der Waals surface area contributed by atoms with Crippen LogP contribution in [0.2, 0.25) is 0 Å². The molecule has 0 amide bonds. The largest absolute Gasteiger partial charge is 1.00 e. The van der Waals surface area contributed by atoms with Gasteiger partial charge in [0.25, 0.3) is 0 Å². The van der Waals surface area contributed by atoms with E-state index in [1.807, 2.05) is 0 Å². The van der Waals surface area contributed by atoms with Crippen LogP contribution >= 0.6 is 0 Å². The van der Waals surface area contributed by atoms with E-state index in [9.17, 15) is 0 Å². The maximum absolute atomic E-state index is 4.94. The van der Waals surface area contributed by atoms with Crippen LogP contribution in [0.5, 0.6) is 0 Å². The van der Waals surface area contributed by atoms with Crippen molar-refractivity contribution in [2.24, 2.45) is 0 Å². The average molecular weight is 274 g/mol. The molecule has 1 saturated heterocycles. The summed E-state index contributed by atoms with van der Waals surface area (Å²) in [7, 11) is 6.60. The normalized spacial score (nSPS) is 15.1. The summed E-state index contributed by atoms with van der Waals surface area (Å²) in [5.74, 6) is 0. The molecule has 4 heteroatoms. The van der Waals surface area contributed by atoms with Crippen molar-refractivity contribution in [3.8, 4) is 0 Å². The minimum atomic E-state index is 0. The fourth-order valence-electron chi connectivity index (χ4n) is 1.57. The molecule has 1 heterocycles. The molecule has 0 N–H and O–H groups in total. The molecule has 0 unspecified atom stereocenters. The van der Waals surface area contributed by atoms with Crippen LogP contribution in [0.1, 0.15) is 5.56 Å². The van der Waals surface area contributed by atoms with Gasteiger partial charge in [0.15, 0.2) is 0 Å². The van der Waals surface area contributed by atoms with Gasteiger partial charge < -0.3 is 26.4 Å². The van der Waals surface area contributed by atoms with E-state index in [2.05, 4.69) is 51.5 Å². The summed E-state index contributed by atoms with van der Waals surface area (Å²) in [5, 5.41) is 0. The minimum Gasteiger partial charge on any atom is -1.00 e. The molecule has 1 aliphatic rings. The lowest BCUT2D eigenvalue weighted by Crippen LogP contribution is -3.00. The summed E-state index contributed by atoms with van der Waals surface area (Å²) in [6.45, 7) is 4.21. The van der Waals surface area contributed by atoms with E-state index in [0.717, 1.165) is 37.5 Å². The number of hydrogen-bond donors (Lipinski definition) is 0. The van der Waals surface area contributed by atoms with Crippen LogP contribution < -0.4 is 12.4 Å². The highest BCUT2D eigenvalue weighted by Crippen LogP contribution is 2.05. The van der Waals surface area contributed by atoms with Gasteiger partial charge in [0.2, 0.25) is 0 Å². The average Bonchev–Trinajstić information content (AvgIpc) is 2.31. The number of nitrogens with zero attached hydrogens (tertiary/aromatic N) is 1. The highest BCUT2D eigenvalue weighted by molar-refractivity contribution is 5.13. The van der Waals surface area contributed by atoms with Crippen molar-refractivity contribution in [2.45, 2.75) is 6.54 Å². The highest BCUT2D eigenvalue weighted by atomic mass is 35.5. The minimum absolute atomic E-state index is 0. The van der Waals surface area contributed by atoms with Crippen LogP contribution in [0.3, 0.4) is 0 Å². The molecular formula is C14H24ClNO2. The number of benzene rings is 1. The second-order valence-corrected chi connectivity index (χ2v) is 5.16. The topological polar surface area (TPSA) is 18.5 Å². The first-order valence-corrected chi connectivity index (χ1v) is 6.08. The Bertz CT molecular complexity index is 283. The van der Waals surface area contributed by atoms with Crippen molar-refractivity contribution in [2.75, 3.05) is 47.6 Å². The first kappa shape index (κ1) is 17.4. The molecule has 1 fully saturated rings. The fourth-order valence-corrected chi connectivity index (χ4v) is 1.57. The number of ether oxygens (including phenoxy) is 2. The standard InChI is InChI=1S/C10H16N.C4H8O2.ClH/c1-11(2,3)9-10-7-5-4-6-8-10;1-2-6-4-3-5-1;/h4-8H,9H2,1-3H3;1-4H2;1H/q+1;;/p-1. The molecular weight excluding hydrogens is 250 g/mol. The van der Waals surface area contributed by atoms with Crippen LogP contribution in [0.15, 0.2) is 30.3 Å². The van der Waals surface area contributed by atoms with E-state index >= 15 is 0 Å². The van der Waals surface area contributed by atoms with Gasteiger partial charge in [-0.1, -0.05) is 30.3 Å². The number of halogens is 1. The van der Waals surface area contributed by atoms with E-state index in [1.165, 1.54) is 5.56 Å². The lowest BCUT2D eigenvalue weighted by Gasteiger charge is -2.23. The zero-order valence-corrected chi connectivity index (χ0v) is 12.3. The number of quaternary nitrogens is 1. The molecule has 0 aromatic heterocycles. The predicted molar refractivity (Wildman–Crippen MR) is 69.8 cm³/mol. The van der Waals surface area contributed by atoms with Gasteiger partial charge in [0.05, 0.1) is 47.6 Å². The molecule has 0 spiro atoms. The van der Waals surface area contributed by atoms with E-state index < -0.39 is 0 Å². The van der Waals surface area contributed by atoms with Gasteiger partial charge >= 0.3 is 0 Å². The van der Waals surface area contributed by atoms with Crippen molar-refractivity contribution in [1.82, 2.24) is 0 Å². The summed E-state index contributed by atoms with van der Waals surface area (Å²) in [6.07, 6.45) is 0. The summed E-state index contributed by atoms with van der Waals surface area (Å²) in [4.78, 5) is 0. The van der Waals surface area contributed by atoms with Gasteiger partial charge in [-0.3, -0.25) is 0 Å². The molecule has 0 aliphatic carbocycles. The second kappa shape index (κ2) is 9.34. The third-order valence-corrected chi connectivity index (χ3v) is 2.24. The van der Waals surface area contributed by atoms with Crippen LogP contribution in [-0.4, -0.2) is 52.1 Å². The lowest BCUT2D eigenvalue weighted by molar-refractivity contribution is -0.884. The molecule has 1 aromatic carbocycles. The Balaban J connectivity index is 0.000000352. The first-order valence-electron chi connectivity index (χ1n) is 6.08. The Hall–Kier alpha value is -0.610. The van der Waals surface area contributed by atoms with E-state index in [4.69, 9.17) is 9.47 Å². The fraction of sp³-hybridized carbons (Fsp3) is 0.571. The van der Waals surface area contributed by atoms with Gasteiger partial charge in [-0.05, 0) is 0 Å². The molecule has 18 heavy (non-hydrogen) atoms. The summed E-state index contributed by atoms with van der Waals surface area (Å²) in [5.41, 5.74) is 1.40. The van der Waals surface area contributed by atoms with Crippen molar-refractivity contribution >= 4 is 0 Å². The maximum atomic E-state index is 4.94. The van der Waals surface area contributed by atoms with Gasteiger partial charge in [-0.25, -0.2) is 0 Å². The van der Waals surface area contributed by atoms with Gasteiger partial charge in [-0.2, -0.15) is 0 Å². The highest BCUT2D eigenvalue weighted by Gasteiger charge is 2.06. The van der Waals surface area contributed by atoms with Crippen LogP contribution in [0.4, 0.5) is 0 Å². The molecule has 0 bridgehead atoms. The van der Waals surface area contributed by atoms with Crippen LogP contribution in [0.25, 0.3) is 0 Å². The van der Waals surface area contributed by atoms with E-state index in [-0.39, 0.29) is 12.4 Å². The van der Waals surface area contributed by atoms with Crippen molar-refractivity contribution in [3.05, 3.63) is 35.9 Å². The zero-order valence-electron chi connectivity index (χ0n) is 11.6. The Morgan fingerprint density at radius 2 is 1.33 bits per heavy atom. The summed E-state index contributed by atoms with van der Waals surface area (Å²) < 4.78 is 10.9. The molecule has 104 valence electrons. The first-order chi connectivity index (χ1) is 8.08. The third-order valence-electron chi connectivity index (χ3n) is 2.24.